The van der Waals surface area contributed by atoms with Crippen LogP contribution < -0.4 is 14.8 Å². The van der Waals surface area contributed by atoms with E-state index in [1.54, 1.807) is 19.1 Å². The normalized spacial score (nSPS) is 24.0. The second-order valence-corrected chi connectivity index (χ2v) is 9.25. The third-order valence-electron chi connectivity index (χ3n) is 6.56. The highest BCUT2D eigenvalue weighted by atomic mass is 35.5. The van der Waals surface area contributed by atoms with E-state index in [0.717, 1.165) is 11.4 Å². The van der Waals surface area contributed by atoms with Crippen LogP contribution in [0.15, 0.2) is 53.7 Å². The van der Waals surface area contributed by atoms with Crippen molar-refractivity contribution in [3.63, 3.8) is 0 Å². The summed E-state index contributed by atoms with van der Waals surface area (Å²) in [7, 11) is 0. The first-order valence-corrected chi connectivity index (χ1v) is 12.0. The third-order valence-corrected chi connectivity index (χ3v) is 6.84. The Hall–Kier alpha value is -3.72. The summed E-state index contributed by atoms with van der Waals surface area (Å²) in [6.45, 7) is 1.68. The molecule has 1 saturated carbocycles. The van der Waals surface area contributed by atoms with Crippen molar-refractivity contribution in [3.8, 4) is 11.5 Å². The highest BCUT2D eigenvalue weighted by molar-refractivity contribution is 6.32. The van der Waals surface area contributed by atoms with Crippen LogP contribution in [0.1, 0.15) is 18.9 Å². The van der Waals surface area contributed by atoms with Gasteiger partial charge in [-0.3, -0.25) is 14.4 Å². The number of hydrogen-bond donors (Lipinski definition) is 1. The number of carbonyl (C=O) groups is 3. The van der Waals surface area contributed by atoms with Gasteiger partial charge in [-0.2, -0.15) is 10.1 Å². The van der Waals surface area contributed by atoms with Crippen molar-refractivity contribution < 1.29 is 28.2 Å². The van der Waals surface area contributed by atoms with Gasteiger partial charge in [-0.1, -0.05) is 29.8 Å². The molecule has 36 heavy (non-hydrogen) atoms. The number of ether oxygens (including phenoxy) is 2. The second-order valence-electron chi connectivity index (χ2n) is 8.84. The summed E-state index contributed by atoms with van der Waals surface area (Å²) in [4.78, 5) is 37.9. The van der Waals surface area contributed by atoms with Crippen molar-refractivity contribution >= 4 is 41.2 Å². The zero-order chi connectivity index (χ0) is 25.4. The number of hydrogen-bond acceptors (Lipinski definition) is 6. The number of allylic oxidation sites excluding steroid dienone is 2. The summed E-state index contributed by atoms with van der Waals surface area (Å²) in [5, 5.41) is 7.81. The lowest BCUT2D eigenvalue weighted by Crippen LogP contribution is -2.28. The van der Waals surface area contributed by atoms with Gasteiger partial charge in [-0.25, -0.2) is 4.39 Å². The standard InChI is InChI=1S/C26H23ClFN3O5/c1-2-35-20-9-14(12-29-31-25(33)22-15-6-7-16(10-15)23(22)26(31)34)8-19(27)24(20)36-13-21(32)30-18-5-3-4-17(28)11-18/h3-9,11-12,15-16,22-23H,2,10,13H2,1H3,(H,30,32)/t15-,16-,22-,23+/m0/s1. The Morgan fingerprint density at radius 2 is 1.89 bits per heavy atom. The Labute approximate surface area is 211 Å². The van der Waals surface area contributed by atoms with Gasteiger partial charge >= 0.3 is 0 Å². The van der Waals surface area contributed by atoms with E-state index >= 15 is 0 Å². The molecule has 0 unspecified atom stereocenters. The SMILES string of the molecule is CCOc1cc(C=NN2C(=O)[C@@H]3[C@H](C2=O)[C@H]2C=C[C@H]3C2)cc(Cl)c1OCC(=O)Nc1cccc(F)c1. The van der Waals surface area contributed by atoms with Gasteiger partial charge in [-0.15, -0.1) is 0 Å². The lowest BCUT2D eigenvalue weighted by molar-refractivity contribution is -0.140. The number of nitrogens with zero attached hydrogens (tertiary/aromatic N) is 2. The van der Waals surface area contributed by atoms with Gasteiger partial charge in [0.2, 0.25) is 0 Å². The monoisotopic (exact) mass is 511 g/mol. The molecule has 8 nitrogen and oxygen atoms in total. The fourth-order valence-electron chi connectivity index (χ4n) is 5.09. The van der Waals surface area contributed by atoms with Crippen molar-refractivity contribution in [1.82, 2.24) is 5.01 Å². The van der Waals surface area contributed by atoms with E-state index in [-0.39, 0.29) is 58.6 Å². The molecule has 2 aromatic carbocycles. The number of carbonyl (C=O) groups excluding carboxylic acids is 3. The molecule has 1 heterocycles. The summed E-state index contributed by atoms with van der Waals surface area (Å²) >= 11 is 6.41. The number of rotatable bonds is 8. The van der Waals surface area contributed by atoms with Crippen molar-refractivity contribution in [1.29, 1.82) is 0 Å². The molecule has 4 atom stereocenters. The number of nitrogens with one attached hydrogen (secondary N) is 1. The molecule has 1 saturated heterocycles. The maximum Gasteiger partial charge on any atom is 0.262 e. The molecule has 0 radical (unpaired) electrons. The molecule has 0 aromatic heterocycles. The largest absolute Gasteiger partial charge is 0.490 e. The molecule has 5 rings (SSSR count). The first-order valence-electron chi connectivity index (χ1n) is 11.6. The number of amides is 3. The fraction of sp³-hybridized carbons (Fsp3) is 0.308. The highest BCUT2D eigenvalue weighted by Crippen LogP contribution is 2.52. The first-order chi connectivity index (χ1) is 17.4. The molecule has 186 valence electrons. The molecule has 3 amide bonds. The topological polar surface area (TPSA) is 97.3 Å². The Morgan fingerprint density at radius 1 is 1.17 bits per heavy atom. The van der Waals surface area contributed by atoms with Crippen LogP contribution in [0.5, 0.6) is 11.5 Å². The molecule has 10 heteroatoms. The van der Waals surface area contributed by atoms with E-state index in [9.17, 15) is 18.8 Å². The zero-order valence-corrected chi connectivity index (χ0v) is 20.1. The quantitative estimate of drug-likeness (QED) is 0.328. The van der Waals surface area contributed by atoms with Gasteiger partial charge < -0.3 is 14.8 Å². The van der Waals surface area contributed by atoms with Crippen LogP contribution in [0.25, 0.3) is 0 Å². The van der Waals surface area contributed by atoms with Gasteiger partial charge in [0.25, 0.3) is 17.7 Å². The number of imide groups is 1. The van der Waals surface area contributed by atoms with Crippen LogP contribution in [0.2, 0.25) is 5.02 Å². The van der Waals surface area contributed by atoms with Gasteiger partial charge in [0.15, 0.2) is 18.1 Å². The Morgan fingerprint density at radius 3 is 2.56 bits per heavy atom. The molecule has 1 N–H and O–H groups in total. The lowest BCUT2D eigenvalue weighted by atomic mass is 9.85. The van der Waals surface area contributed by atoms with Crippen LogP contribution in [0.3, 0.4) is 0 Å². The number of hydrazone groups is 1. The average Bonchev–Trinajstić information content (AvgIpc) is 3.51. The average molecular weight is 512 g/mol. The van der Waals surface area contributed by atoms with E-state index < -0.39 is 11.7 Å². The van der Waals surface area contributed by atoms with Crippen molar-refractivity contribution in [2.24, 2.45) is 28.8 Å². The van der Waals surface area contributed by atoms with Crippen molar-refractivity contribution in [2.45, 2.75) is 13.3 Å². The maximum absolute atomic E-state index is 13.3. The number of benzene rings is 2. The first kappa shape index (κ1) is 24.0. The van der Waals surface area contributed by atoms with Crippen LogP contribution in [-0.2, 0) is 14.4 Å². The molecule has 1 aliphatic heterocycles. The van der Waals surface area contributed by atoms with Gasteiger partial charge in [-0.05, 0) is 61.1 Å². The number of anilines is 1. The highest BCUT2D eigenvalue weighted by Gasteiger charge is 2.59. The molecule has 3 aliphatic rings. The number of halogens is 2. The molecule has 2 bridgehead atoms. The van der Waals surface area contributed by atoms with E-state index in [2.05, 4.69) is 10.4 Å². The van der Waals surface area contributed by atoms with Gasteiger partial charge in [0.05, 0.1) is 29.7 Å². The Kier molecular flexibility index (Phi) is 6.49. The Bertz CT molecular complexity index is 1270. The Balaban J connectivity index is 1.28. The minimum Gasteiger partial charge on any atom is -0.490 e. The fourth-order valence-corrected chi connectivity index (χ4v) is 5.36. The van der Waals surface area contributed by atoms with Gasteiger partial charge in [0, 0.05) is 5.69 Å². The lowest BCUT2D eigenvalue weighted by Gasteiger charge is -2.15. The third kappa shape index (κ3) is 4.46. The van der Waals surface area contributed by atoms with Gasteiger partial charge in [0.1, 0.15) is 5.82 Å². The molecule has 2 aliphatic carbocycles. The molecule has 2 aromatic rings. The summed E-state index contributed by atoms with van der Waals surface area (Å²) in [6.07, 6.45) is 6.27. The molecular formula is C26H23ClFN3O5. The predicted molar refractivity (Wildman–Crippen MR) is 130 cm³/mol. The molecular weight excluding hydrogens is 489 g/mol. The maximum atomic E-state index is 13.3. The zero-order valence-electron chi connectivity index (χ0n) is 19.3. The van der Waals surface area contributed by atoms with E-state index in [0.29, 0.717) is 17.9 Å². The van der Waals surface area contributed by atoms with E-state index in [1.807, 2.05) is 12.2 Å². The molecule has 2 fully saturated rings. The minimum absolute atomic E-state index is 0.102. The van der Waals surface area contributed by atoms with Crippen LogP contribution in [0.4, 0.5) is 10.1 Å². The van der Waals surface area contributed by atoms with Crippen molar-refractivity contribution in [3.05, 3.63) is 65.0 Å². The van der Waals surface area contributed by atoms with Crippen molar-refractivity contribution in [2.75, 3.05) is 18.5 Å². The molecule has 0 spiro atoms. The number of fused-ring (bicyclic) bond motifs is 5. The summed E-state index contributed by atoms with van der Waals surface area (Å²) < 4.78 is 24.6. The summed E-state index contributed by atoms with van der Waals surface area (Å²) in [5.74, 6) is -1.59. The predicted octanol–water partition coefficient (Wildman–Crippen LogP) is 4.04. The van der Waals surface area contributed by atoms with Crippen LogP contribution >= 0.6 is 11.6 Å². The smallest absolute Gasteiger partial charge is 0.262 e. The second kappa shape index (κ2) is 9.73. The van der Waals surface area contributed by atoms with Crippen LogP contribution in [-0.4, -0.2) is 42.2 Å². The van der Waals surface area contributed by atoms with E-state index in [4.69, 9.17) is 21.1 Å². The van der Waals surface area contributed by atoms with E-state index in [1.165, 1.54) is 30.5 Å². The minimum atomic E-state index is -0.509. The summed E-state index contributed by atoms with van der Waals surface area (Å²) in [5.41, 5.74) is 0.781. The van der Waals surface area contributed by atoms with Crippen LogP contribution in [0, 0.1) is 29.5 Å². The summed E-state index contributed by atoms with van der Waals surface area (Å²) in [6, 6.07) is 8.62.